The van der Waals surface area contributed by atoms with Crippen LogP contribution in [0.3, 0.4) is 0 Å². The molecule has 0 aromatic carbocycles. The van der Waals surface area contributed by atoms with Gasteiger partial charge in [0.25, 0.3) is 0 Å². The molecule has 1 heterocycles. The normalized spacial score (nSPS) is 31.8. The number of carbonyl (C=O) groups excluding carboxylic acids is 1. The molecule has 1 aliphatic heterocycles. The molecule has 1 amide bonds. The van der Waals surface area contributed by atoms with Crippen molar-refractivity contribution in [3.05, 3.63) is 0 Å². The van der Waals surface area contributed by atoms with Crippen LogP contribution in [0.2, 0.25) is 0 Å². The van der Waals surface area contributed by atoms with Crippen LogP contribution in [0.4, 0.5) is 0 Å². The van der Waals surface area contributed by atoms with Gasteiger partial charge in [-0.25, -0.2) is 0 Å². The Kier molecular flexibility index (Phi) is 5.16. The monoisotopic (exact) mass is 285 g/mol. The predicted octanol–water partition coefficient (Wildman–Crippen LogP) is 4.21. The van der Waals surface area contributed by atoms with E-state index in [0.29, 0.717) is 11.8 Å². The second-order valence-corrected chi connectivity index (χ2v) is 7.28. The first-order valence-corrected chi connectivity index (χ1v) is 8.46. The molecular weight excluding hydrogens is 258 g/mol. The minimum Gasteiger partial charge on any atom is -0.338 e. The molecule has 2 atom stereocenters. The van der Waals surface area contributed by atoms with E-state index >= 15 is 0 Å². The van der Waals surface area contributed by atoms with Crippen molar-refractivity contribution in [2.45, 2.75) is 71.3 Å². The topological polar surface area (TPSA) is 20.3 Å². The van der Waals surface area contributed by atoms with Crippen LogP contribution in [0.25, 0.3) is 0 Å². The van der Waals surface area contributed by atoms with Gasteiger partial charge in [-0.2, -0.15) is 0 Å². The zero-order valence-electron chi connectivity index (χ0n) is 12.5. The zero-order valence-corrected chi connectivity index (χ0v) is 13.2. The maximum Gasteiger partial charge on any atom is 0.226 e. The molecule has 3 heteroatoms. The van der Waals surface area contributed by atoms with Crippen molar-refractivity contribution in [3.63, 3.8) is 0 Å². The van der Waals surface area contributed by atoms with Crippen LogP contribution in [-0.2, 0) is 4.79 Å². The Labute approximate surface area is 122 Å². The summed E-state index contributed by atoms with van der Waals surface area (Å²) >= 11 is 6.11. The molecule has 0 N–H and O–H groups in total. The number of carbonyl (C=O) groups is 1. The van der Waals surface area contributed by atoms with Crippen molar-refractivity contribution in [1.29, 1.82) is 0 Å². The number of alkyl halides is 1. The van der Waals surface area contributed by atoms with Gasteiger partial charge in [0.05, 0.1) is 0 Å². The largest absolute Gasteiger partial charge is 0.338 e. The molecule has 0 radical (unpaired) electrons. The molecule has 1 saturated heterocycles. The Morgan fingerprint density at radius 1 is 1.16 bits per heavy atom. The molecule has 2 unspecified atom stereocenters. The van der Waals surface area contributed by atoms with Gasteiger partial charge >= 0.3 is 0 Å². The second-order valence-electron chi connectivity index (χ2n) is 6.98. The highest BCUT2D eigenvalue weighted by Gasteiger charge is 2.40. The molecule has 2 aliphatic rings. The van der Waals surface area contributed by atoms with Gasteiger partial charge in [0.15, 0.2) is 0 Å². The van der Waals surface area contributed by atoms with E-state index in [4.69, 9.17) is 11.6 Å². The summed E-state index contributed by atoms with van der Waals surface area (Å²) in [6.07, 6.45) is 9.42. The first-order valence-electron chi connectivity index (χ1n) is 7.93. The number of amides is 1. The zero-order chi connectivity index (χ0) is 13.9. The van der Waals surface area contributed by atoms with E-state index in [9.17, 15) is 4.79 Å². The van der Waals surface area contributed by atoms with Crippen LogP contribution >= 0.6 is 11.6 Å². The number of hydrogen-bond acceptors (Lipinski definition) is 1. The minimum absolute atomic E-state index is 0.165. The summed E-state index contributed by atoms with van der Waals surface area (Å²) in [7, 11) is 0. The van der Waals surface area contributed by atoms with Crippen molar-refractivity contribution in [2.24, 2.45) is 11.3 Å². The van der Waals surface area contributed by atoms with Crippen molar-refractivity contribution in [2.75, 3.05) is 12.4 Å². The van der Waals surface area contributed by atoms with Gasteiger partial charge in [0, 0.05) is 24.4 Å². The molecule has 2 fully saturated rings. The van der Waals surface area contributed by atoms with Crippen molar-refractivity contribution >= 4 is 17.5 Å². The molecule has 0 spiro atoms. The van der Waals surface area contributed by atoms with E-state index in [-0.39, 0.29) is 17.4 Å². The summed E-state index contributed by atoms with van der Waals surface area (Å²) in [6, 6.07) is 0.273. The number of hydrogen-bond donors (Lipinski definition) is 0. The summed E-state index contributed by atoms with van der Waals surface area (Å²) in [5, 5.41) is 0. The van der Waals surface area contributed by atoms with Crippen LogP contribution in [0.15, 0.2) is 0 Å². The van der Waals surface area contributed by atoms with E-state index in [1.54, 1.807) is 0 Å². The molecule has 1 saturated carbocycles. The Morgan fingerprint density at radius 2 is 1.89 bits per heavy atom. The molecule has 0 aromatic heterocycles. The summed E-state index contributed by atoms with van der Waals surface area (Å²) in [5.74, 6) is 1.20. The first-order chi connectivity index (χ1) is 9.06. The van der Waals surface area contributed by atoms with E-state index < -0.39 is 0 Å². The lowest BCUT2D eigenvalue weighted by Crippen LogP contribution is -2.48. The summed E-state index contributed by atoms with van der Waals surface area (Å²) in [5.41, 5.74) is 0.165. The van der Waals surface area contributed by atoms with Crippen molar-refractivity contribution in [1.82, 2.24) is 4.90 Å². The molecule has 0 bridgehead atoms. The predicted molar refractivity (Wildman–Crippen MR) is 80.4 cm³/mol. The molecule has 2 nitrogen and oxygen atoms in total. The van der Waals surface area contributed by atoms with E-state index in [1.165, 1.54) is 32.1 Å². The maximum atomic E-state index is 13.0. The Bertz CT molecular complexity index is 316. The first kappa shape index (κ1) is 15.2. The molecular formula is C16H28ClNO. The minimum atomic E-state index is 0.165. The maximum absolute atomic E-state index is 13.0. The van der Waals surface area contributed by atoms with Gasteiger partial charge < -0.3 is 4.90 Å². The molecule has 0 aromatic rings. The highest BCUT2D eigenvalue weighted by atomic mass is 35.5. The lowest BCUT2D eigenvalue weighted by molar-refractivity contribution is -0.143. The molecule has 19 heavy (non-hydrogen) atoms. The van der Waals surface area contributed by atoms with Crippen LogP contribution < -0.4 is 0 Å². The molecule has 2 rings (SSSR count). The fourth-order valence-electron chi connectivity index (χ4n) is 3.78. The van der Waals surface area contributed by atoms with Crippen molar-refractivity contribution < 1.29 is 4.79 Å². The number of halogens is 1. The SMILES string of the molecule is CC1(C)CCCCC1C(=O)N1CCCCCC1CCl. The quantitative estimate of drug-likeness (QED) is 0.696. The van der Waals surface area contributed by atoms with Gasteiger partial charge in [-0.1, -0.05) is 39.5 Å². The van der Waals surface area contributed by atoms with E-state index in [0.717, 1.165) is 25.8 Å². The lowest BCUT2D eigenvalue weighted by atomic mass is 9.68. The number of nitrogens with zero attached hydrogens (tertiary/aromatic N) is 1. The van der Waals surface area contributed by atoms with Crippen LogP contribution in [0.1, 0.15) is 65.2 Å². The van der Waals surface area contributed by atoms with Gasteiger partial charge in [-0.15, -0.1) is 11.6 Å². The fraction of sp³-hybridized carbons (Fsp3) is 0.938. The third-order valence-corrected chi connectivity index (χ3v) is 5.50. The van der Waals surface area contributed by atoms with E-state index in [1.807, 2.05) is 0 Å². The lowest BCUT2D eigenvalue weighted by Gasteiger charge is -2.41. The summed E-state index contributed by atoms with van der Waals surface area (Å²) in [6.45, 7) is 5.45. The number of likely N-dealkylation sites (tertiary alicyclic amines) is 1. The Balaban J connectivity index is 2.11. The second kappa shape index (κ2) is 6.47. The molecule has 1 aliphatic carbocycles. The van der Waals surface area contributed by atoms with Gasteiger partial charge in [-0.05, 0) is 31.1 Å². The Hall–Kier alpha value is -0.240. The van der Waals surface area contributed by atoms with Crippen molar-refractivity contribution in [3.8, 4) is 0 Å². The highest BCUT2D eigenvalue weighted by molar-refractivity contribution is 6.18. The highest BCUT2D eigenvalue weighted by Crippen LogP contribution is 2.42. The number of rotatable bonds is 2. The van der Waals surface area contributed by atoms with Gasteiger partial charge in [0.1, 0.15) is 0 Å². The van der Waals surface area contributed by atoms with Gasteiger partial charge in [0.2, 0.25) is 5.91 Å². The fourth-order valence-corrected chi connectivity index (χ4v) is 4.10. The third-order valence-electron chi connectivity index (χ3n) is 5.14. The average molecular weight is 286 g/mol. The van der Waals surface area contributed by atoms with Crippen LogP contribution in [0, 0.1) is 11.3 Å². The third kappa shape index (κ3) is 3.45. The summed E-state index contributed by atoms with van der Waals surface area (Å²) < 4.78 is 0. The van der Waals surface area contributed by atoms with Crippen LogP contribution in [-0.4, -0.2) is 29.3 Å². The standard InChI is InChI=1S/C16H28ClNO/c1-16(2)10-6-5-9-14(16)15(19)18-11-7-3-4-8-13(18)12-17/h13-14H,3-12H2,1-2H3. The molecule has 110 valence electrons. The smallest absolute Gasteiger partial charge is 0.226 e. The Morgan fingerprint density at radius 3 is 2.58 bits per heavy atom. The van der Waals surface area contributed by atoms with Crippen LogP contribution in [0.5, 0.6) is 0 Å². The summed E-state index contributed by atoms with van der Waals surface area (Å²) in [4.78, 5) is 15.1. The van der Waals surface area contributed by atoms with Gasteiger partial charge in [-0.3, -0.25) is 4.79 Å². The van der Waals surface area contributed by atoms with E-state index in [2.05, 4.69) is 18.7 Å². The average Bonchev–Trinajstić information content (AvgIpc) is 2.62.